The summed E-state index contributed by atoms with van der Waals surface area (Å²) in [7, 11) is 0. The first kappa shape index (κ1) is 7.81. The predicted octanol–water partition coefficient (Wildman–Crippen LogP) is 2.41. The number of hydrogen-bond acceptors (Lipinski definition) is 1. The molecule has 0 saturated heterocycles. The van der Waals surface area contributed by atoms with Crippen LogP contribution in [-0.2, 0) is 13.1 Å². The summed E-state index contributed by atoms with van der Waals surface area (Å²) in [5, 5.41) is 3.35. The normalized spacial score (nSPS) is 15.2. The van der Waals surface area contributed by atoms with Gasteiger partial charge in [0.2, 0.25) is 0 Å². The van der Waals surface area contributed by atoms with E-state index in [-0.39, 0.29) is 0 Å². The second-order valence-electron chi connectivity index (χ2n) is 3.79. The van der Waals surface area contributed by atoms with Crippen LogP contribution in [0.25, 0.3) is 0 Å². The molecule has 1 heterocycles. The van der Waals surface area contributed by atoms with Gasteiger partial charge in [-0.05, 0) is 22.6 Å². The van der Waals surface area contributed by atoms with Gasteiger partial charge in [0.1, 0.15) is 0 Å². The maximum absolute atomic E-state index is 3.35. The fourth-order valence-corrected chi connectivity index (χ4v) is 1.67. The predicted molar refractivity (Wildman–Crippen MR) is 51.1 cm³/mol. The van der Waals surface area contributed by atoms with Crippen molar-refractivity contribution in [3.63, 3.8) is 0 Å². The zero-order chi connectivity index (χ0) is 8.55. The average molecular weight is 161 g/mol. The van der Waals surface area contributed by atoms with E-state index in [0.29, 0.717) is 5.92 Å². The van der Waals surface area contributed by atoms with Crippen molar-refractivity contribution in [1.29, 1.82) is 0 Å². The molecule has 1 N–H and O–H groups in total. The van der Waals surface area contributed by atoms with E-state index in [2.05, 4.69) is 37.4 Å². The summed E-state index contributed by atoms with van der Waals surface area (Å²) in [6.07, 6.45) is 0. The summed E-state index contributed by atoms with van der Waals surface area (Å²) in [5.74, 6) is 0.649. The topological polar surface area (TPSA) is 12.0 Å². The Bertz CT molecular complexity index is 289. The van der Waals surface area contributed by atoms with E-state index in [0.717, 1.165) is 13.1 Å². The van der Waals surface area contributed by atoms with Gasteiger partial charge in [0.25, 0.3) is 0 Å². The van der Waals surface area contributed by atoms with Crippen LogP contribution in [0, 0.1) is 0 Å². The Morgan fingerprint density at radius 2 is 1.92 bits per heavy atom. The quantitative estimate of drug-likeness (QED) is 0.667. The molecule has 0 radical (unpaired) electrons. The molecule has 1 aliphatic heterocycles. The minimum absolute atomic E-state index is 0.649. The van der Waals surface area contributed by atoms with E-state index in [4.69, 9.17) is 0 Å². The van der Waals surface area contributed by atoms with Crippen molar-refractivity contribution in [3.05, 3.63) is 34.9 Å². The monoisotopic (exact) mass is 161 g/mol. The third kappa shape index (κ3) is 1.25. The number of rotatable bonds is 1. The van der Waals surface area contributed by atoms with Gasteiger partial charge in [-0.15, -0.1) is 0 Å². The first-order chi connectivity index (χ1) is 5.77. The Morgan fingerprint density at radius 3 is 2.67 bits per heavy atom. The average Bonchev–Trinajstić information content (AvgIpc) is 2.49. The molecule has 0 saturated carbocycles. The van der Waals surface area contributed by atoms with E-state index >= 15 is 0 Å². The number of benzene rings is 1. The third-order valence-corrected chi connectivity index (χ3v) is 2.53. The Kier molecular flexibility index (Phi) is 1.89. The molecule has 0 aromatic heterocycles. The molecule has 1 nitrogen and oxygen atoms in total. The molecular formula is C11H15N. The molecule has 2 rings (SSSR count). The maximum atomic E-state index is 3.35. The molecule has 64 valence electrons. The molecule has 0 aliphatic carbocycles. The second kappa shape index (κ2) is 2.91. The lowest BCUT2D eigenvalue weighted by Crippen LogP contribution is -1.99. The molecule has 0 bridgehead atoms. The highest BCUT2D eigenvalue weighted by atomic mass is 14.9. The highest BCUT2D eigenvalue weighted by Crippen LogP contribution is 2.21. The van der Waals surface area contributed by atoms with E-state index < -0.39 is 0 Å². The molecule has 0 amide bonds. The first-order valence-corrected chi connectivity index (χ1v) is 4.60. The van der Waals surface area contributed by atoms with Gasteiger partial charge in [0.05, 0.1) is 0 Å². The molecule has 1 aromatic carbocycles. The first-order valence-electron chi connectivity index (χ1n) is 4.60. The van der Waals surface area contributed by atoms with Crippen molar-refractivity contribution < 1.29 is 0 Å². The standard InChI is InChI=1S/C11H15N/c1-8(2)9-3-4-10-6-12-7-11(10)5-9/h3-5,8,12H,6-7H2,1-2H3. The van der Waals surface area contributed by atoms with Crippen molar-refractivity contribution in [1.82, 2.24) is 5.32 Å². The van der Waals surface area contributed by atoms with Gasteiger partial charge < -0.3 is 5.32 Å². The minimum atomic E-state index is 0.649. The summed E-state index contributed by atoms with van der Waals surface area (Å²) in [6.45, 7) is 6.58. The third-order valence-electron chi connectivity index (χ3n) is 2.53. The molecule has 1 heteroatoms. The lowest BCUT2D eigenvalue weighted by Gasteiger charge is -2.06. The lowest BCUT2D eigenvalue weighted by molar-refractivity contribution is 0.764. The molecule has 0 spiro atoms. The molecule has 0 unspecified atom stereocenters. The Morgan fingerprint density at radius 1 is 1.17 bits per heavy atom. The molecular weight excluding hydrogens is 146 g/mol. The van der Waals surface area contributed by atoms with E-state index in [9.17, 15) is 0 Å². The zero-order valence-electron chi connectivity index (χ0n) is 7.72. The Labute approximate surface area is 73.8 Å². The summed E-state index contributed by atoms with van der Waals surface area (Å²) in [5.41, 5.74) is 4.41. The minimum Gasteiger partial charge on any atom is -0.309 e. The van der Waals surface area contributed by atoms with Crippen molar-refractivity contribution in [2.24, 2.45) is 0 Å². The maximum Gasteiger partial charge on any atom is 0.0212 e. The summed E-state index contributed by atoms with van der Waals surface area (Å²) in [4.78, 5) is 0. The van der Waals surface area contributed by atoms with Crippen molar-refractivity contribution >= 4 is 0 Å². The van der Waals surface area contributed by atoms with Crippen LogP contribution in [-0.4, -0.2) is 0 Å². The second-order valence-corrected chi connectivity index (χ2v) is 3.79. The fraction of sp³-hybridized carbons (Fsp3) is 0.455. The molecule has 1 aliphatic rings. The van der Waals surface area contributed by atoms with Crippen LogP contribution in [0.1, 0.15) is 36.5 Å². The lowest BCUT2D eigenvalue weighted by atomic mass is 9.99. The van der Waals surface area contributed by atoms with E-state index in [1.54, 1.807) is 0 Å². The smallest absolute Gasteiger partial charge is 0.0212 e. The Hall–Kier alpha value is -0.820. The van der Waals surface area contributed by atoms with Gasteiger partial charge in [-0.1, -0.05) is 32.0 Å². The number of nitrogens with one attached hydrogen (secondary N) is 1. The molecule has 0 atom stereocenters. The van der Waals surface area contributed by atoms with Crippen LogP contribution in [0.15, 0.2) is 18.2 Å². The van der Waals surface area contributed by atoms with Gasteiger partial charge in [0, 0.05) is 13.1 Å². The summed E-state index contributed by atoms with van der Waals surface area (Å²) in [6, 6.07) is 6.83. The van der Waals surface area contributed by atoms with Crippen LogP contribution in [0.4, 0.5) is 0 Å². The SMILES string of the molecule is CC(C)c1ccc2c(c1)CNC2. The zero-order valence-corrected chi connectivity index (χ0v) is 7.72. The molecule has 1 aromatic rings. The van der Waals surface area contributed by atoms with E-state index in [1.165, 1.54) is 16.7 Å². The van der Waals surface area contributed by atoms with Crippen molar-refractivity contribution in [3.8, 4) is 0 Å². The van der Waals surface area contributed by atoms with Gasteiger partial charge in [-0.3, -0.25) is 0 Å². The van der Waals surface area contributed by atoms with Crippen molar-refractivity contribution in [2.45, 2.75) is 32.9 Å². The van der Waals surface area contributed by atoms with Gasteiger partial charge in [-0.25, -0.2) is 0 Å². The van der Waals surface area contributed by atoms with Crippen LogP contribution in [0.3, 0.4) is 0 Å². The Balaban J connectivity index is 2.39. The van der Waals surface area contributed by atoms with Gasteiger partial charge >= 0.3 is 0 Å². The van der Waals surface area contributed by atoms with Crippen LogP contribution < -0.4 is 5.32 Å². The summed E-state index contributed by atoms with van der Waals surface area (Å²) >= 11 is 0. The van der Waals surface area contributed by atoms with Crippen LogP contribution >= 0.6 is 0 Å². The van der Waals surface area contributed by atoms with Crippen molar-refractivity contribution in [2.75, 3.05) is 0 Å². The van der Waals surface area contributed by atoms with Crippen LogP contribution in [0.5, 0.6) is 0 Å². The van der Waals surface area contributed by atoms with Crippen LogP contribution in [0.2, 0.25) is 0 Å². The largest absolute Gasteiger partial charge is 0.309 e. The van der Waals surface area contributed by atoms with E-state index in [1.807, 2.05) is 0 Å². The summed E-state index contributed by atoms with van der Waals surface area (Å²) < 4.78 is 0. The van der Waals surface area contributed by atoms with Gasteiger partial charge in [0.15, 0.2) is 0 Å². The molecule has 12 heavy (non-hydrogen) atoms. The number of hydrogen-bond donors (Lipinski definition) is 1. The number of fused-ring (bicyclic) bond motifs is 1. The highest BCUT2D eigenvalue weighted by molar-refractivity contribution is 5.35. The van der Waals surface area contributed by atoms with Gasteiger partial charge in [-0.2, -0.15) is 0 Å². The highest BCUT2D eigenvalue weighted by Gasteiger charge is 2.10. The molecule has 0 fully saturated rings. The fourth-order valence-electron chi connectivity index (χ4n) is 1.67.